The number of carbonyl (C=O) groups is 1. The van der Waals surface area contributed by atoms with Crippen LogP contribution >= 0.6 is 11.6 Å². The van der Waals surface area contributed by atoms with E-state index in [1.807, 2.05) is 0 Å². The Bertz CT molecular complexity index is 719. The average Bonchev–Trinajstić information content (AvgIpc) is 2.86. The molecule has 2 aromatic rings. The van der Waals surface area contributed by atoms with Crippen molar-refractivity contribution < 1.29 is 18.9 Å². The predicted molar refractivity (Wildman–Crippen MR) is 82.9 cm³/mol. The van der Waals surface area contributed by atoms with E-state index in [4.69, 9.17) is 11.6 Å². The fourth-order valence-electron chi connectivity index (χ4n) is 1.82. The number of nitrogens with zero attached hydrogens (tertiary/aromatic N) is 4. The van der Waals surface area contributed by atoms with Crippen LogP contribution < -0.4 is 9.63 Å². The number of anilines is 1. The molecule has 0 aliphatic carbocycles. The molecule has 1 unspecified atom stereocenters. The van der Waals surface area contributed by atoms with Crippen molar-refractivity contribution >= 4 is 34.0 Å². The van der Waals surface area contributed by atoms with Gasteiger partial charge in [0.25, 0.3) is 0 Å². The van der Waals surface area contributed by atoms with Crippen molar-refractivity contribution in [3.8, 4) is 5.69 Å². The number of rotatable bonds is 5. The third kappa shape index (κ3) is 3.83. The monoisotopic (exact) mass is 343 g/mol. The maximum atomic E-state index is 12.1. The largest absolute Gasteiger partial charge is 0.311 e. The molecule has 9 heteroatoms. The smallest absolute Gasteiger partial charge is 0.247 e. The number of carbonyl (C=O) groups excluding carboxylic acids is 1. The first-order chi connectivity index (χ1) is 10.4. The Hall–Kier alpha value is -1.93. The van der Waals surface area contributed by atoms with Crippen LogP contribution in [0.4, 0.5) is 5.69 Å². The van der Waals surface area contributed by atoms with Crippen LogP contribution in [0.15, 0.2) is 30.7 Å². The zero-order valence-electron chi connectivity index (χ0n) is 12.1. The summed E-state index contributed by atoms with van der Waals surface area (Å²) in [5.74, 6) is 0.111. The lowest BCUT2D eigenvalue weighted by atomic mass is 10.4. The summed E-state index contributed by atoms with van der Waals surface area (Å²) in [6.45, 7) is 0. The van der Waals surface area contributed by atoms with Gasteiger partial charge in [-0.15, -0.1) is 0 Å². The van der Waals surface area contributed by atoms with E-state index in [0.717, 1.165) is 4.73 Å². The SMILES string of the molecule is CN(C(=O)CCS(C)=O)c1cn(-c2ccc[n+](O)c2)nc1Cl. The first-order valence-electron chi connectivity index (χ1n) is 6.41. The van der Waals surface area contributed by atoms with Gasteiger partial charge in [0.2, 0.25) is 18.3 Å². The zero-order chi connectivity index (χ0) is 16.3. The van der Waals surface area contributed by atoms with Gasteiger partial charge < -0.3 is 4.90 Å². The number of aromatic nitrogens is 3. The minimum Gasteiger partial charge on any atom is -0.311 e. The molecule has 0 aliphatic rings. The van der Waals surface area contributed by atoms with Crippen molar-refractivity contribution in [1.82, 2.24) is 9.78 Å². The normalized spacial score (nSPS) is 12.1. The first-order valence-corrected chi connectivity index (χ1v) is 8.51. The lowest BCUT2D eigenvalue weighted by Gasteiger charge is -2.14. The zero-order valence-corrected chi connectivity index (χ0v) is 13.7. The molecule has 0 aromatic carbocycles. The lowest BCUT2D eigenvalue weighted by Crippen LogP contribution is -2.29. The molecule has 1 atom stereocenters. The van der Waals surface area contributed by atoms with Gasteiger partial charge in [-0.1, -0.05) is 11.6 Å². The Kier molecular flexibility index (Phi) is 5.15. The topological polar surface area (TPSA) is 79.3 Å². The van der Waals surface area contributed by atoms with Crippen molar-refractivity contribution in [2.45, 2.75) is 6.42 Å². The minimum atomic E-state index is -1.02. The van der Waals surface area contributed by atoms with E-state index in [0.29, 0.717) is 17.1 Å². The third-order valence-electron chi connectivity index (χ3n) is 3.03. The molecular weight excluding hydrogens is 328 g/mol. The Labute approximate surface area is 135 Å². The summed E-state index contributed by atoms with van der Waals surface area (Å²) in [5, 5.41) is 13.7. The highest BCUT2D eigenvalue weighted by molar-refractivity contribution is 7.84. The van der Waals surface area contributed by atoms with E-state index in [1.54, 1.807) is 31.6 Å². The van der Waals surface area contributed by atoms with Crippen LogP contribution in [0.2, 0.25) is 5.15 Å². The molecule has 0 aliphatic heterocycles. The number of halogens is 1. The quantitative estimate of drug-likeness (QED) is 0.643. The summed E-state index contributed by atoms with van der Waals surface area (Å²) in [6.07, 6.45) is 6.24. The first kappa shape index (κ1) is 16.4. The number of hydrogen-bond acceptors (Lipinski definition) is 4. The Morgan fingerprint density at radius 2 is 2.32 bits per heavy atom. The van der Waals surface area contributed by atoms with Gasteiger partial charge >= 0.3 is 0 Å². The average molecular weight is 344 g/mol. The van der Waals surface area contributed by atoms with Crippen LogP contribution in [0.3, 0.4) is 0 Å². The number of pyridine rings is 1. The van der Waals surface area contributed by atoms with Crippen LogP contribution in [-0.4, -0.2) is 44.2 Å². The summed E-state index contributed by atoms with van der Waals surface area (Å²) in [5.41, 5.74) is 1.04. The molecule has 0 saturated heterocycles. The van der Waals surface area contributed by atoms with E-state index in [-0.39, 0.29) is 17.5 Å². The van der Waals surface area contributed by atoms with E-state index in [1.165, 1.54) is 22.0 Å². The summed E-state index contributed by atoms with van der Waals surface area (Å²) >= 11 is 6.08. The van der Waals surface area contributed by atoms with Crippen molar-refractivity contribution in [2.75, 3.05) is 24.0 Å². The lowest BCUT2D eigenvalue weighted by molar-refractivity contribution is -0.904. The van der Waals surface area contributed by atoms with Crippen LogP contribution in [0.1, 0.15) is 6.42 Å². The van der Waals surface area contributed by atoms with E-state index < -0.39 is 10.8 Å². The van der Waals surface area contributed by atoms with E-state index in [2.05, 4.69) is 5.10 Å². The molecule has 0 saturated carbocycles. The molecular formula is C13H16ClN4O3S+. The standard InChI is InChI=1S/C13H16ClN4O3S/c1-16(12(19)5-7-22(2)21)11-9-18(15-13(11)14)10-4-3-6-17(20)8-10/h3-4,6,8-9,20H,5,7H2,1-2H3/q+1. The molecule has 118 valence electrons. The van der Waals surface area contributed by atoms with Gasteiger partial charge in [-0.2, -0.15) is 5.10 Å². The Balaban J connectivity index is 2.22. The summed E-state index contributed by atoms with van der Waals surface area (Å²) < 4.78 is 13.4. The van der Waals surface area contributed by atoms with E-state index >= 15 is 0 Å². The molecule has 1 N–H and O–H groups in total. The predicted octanol–water partition coefficient (Wildman–Crippen LogP) is 0.782. The van der Waals surface area contributed by atoms with E-state index in [9.17, 15) is 14.2 Å². The minimum absolute atomic E-state index is 0.168. The molecule has 1 amide bonds. The number of amides is 1. The summed E-state index contributed by atoms with van der Waals surface area (Å²) in [6, 6.07) is 3.39. The van der Waals surface area contributed by atoms with Crippen LogP contribution in [0.5, 0.6) is 0 Å². The maximum absolute atomic E-state index is 12.1. The molecule has 7 nitrogen and oxygen atoms in total. The van der Waals surface area contributed by atoms with Gasteiger partial charge in [0.1, 0.15) is 11.4 Å². The van der Waals surface area contributed by atoms with Crippen LogP contribution in [0, 0.1) is 0 Å². The van der Waals surface area contributed by atoms with Crippen molar-refractivity contribution in [1.29, 1.82) is 0 Å². The number of hydrogen-bond donors (Lipinski definition) is 1. The Morgan fingerprint density at radius 1 is 1.59 bits per heavy atom. The fraction of sp³-hybridized carbons (Fsp3) is 0.308. The molecule has 2 aromatic heterocycles. The molecule has 0 spiro atoms. The molecule has 22 heavy (non-hydrogen) atoms. The molecule has 2 rings (SSSR count). The molecule has 0 bridgehead atoms. The fourth-order valence-corrected chi connectivity index (χ4v) is 2.54. The van der Waals surface area contributed by atoms with Gasteiger partial charge in [0.05, 0.1) is 6.20 Å². The summed E-state index contributed by atoms with van der Waals surface area (Å²) in [4.78, 5) is 13.4. The van der Waals surface area contributed by atoms with Crippen LogP contribution in [0.25, 0.3) is 5.69 Å². The maximum Gasteiger partial charge on any atom is 0.247 e. The van der Waals surface area contributed by atoms with Gasteiger partial charge in [0.15, 0.2) is 5.15 Å². The third-order valence-corrected chi connectivity index (χ3v) is 4.07. The van der Waals surface area contributed by atoms with Gasteiger partial charge in [-0.3, -0.25) is 14.2 Å². The molecule has 0 radical (unpaired) electrons. The second-order valence-corrected chi connectivity index (χ2v) is 6.58. The van der Waals surface area contributed by atoms with Crippen LogP contribution in [-0.2, 0) is 15.6 Å². The highest BCUT2D eigenvalue weighted by Gasteiger charge is 2.18. The molecule has 2 heterocycles. The summed E-state index contributed by atoms with van der Waals surface area (Å²) in [7, 11) is 0.565. The van der Waals surface area contributed by atoms with Gasteiger partial charge in [-0.05, 0) is 6.07 Å². The van der Waals surface area contributed by atoms with Gasteiger partial charge in [0, 0.05) is 47.1 Å². The molecule has 0 fully saturated rings. The van der Waals surface area contributed by atoms with Gasteiger partial charge in [-0.25, -0.2) is 4.68 Å². The Morgan fingerprint density at radius 3 is 2.95 bits per heavy atom. The second kappa shape index (κ2) is 6.89. The highest BCUT2D eigenvalue weighted by atomic mass is 35.5. The van der Waals surface area contributed by atoms with Crippen molar-refractivity contribution in [2.24, 2.45) is 0 Å². The van der Waals surface area contributed by atoms with Crippen molar-refractivity contribution in [3.63, 3.8) is 0 Å². The highest BCUT2D eigenvalue weighted by Crippen LogP contribution is 2.25. The second-order valence-electron chi connectivity index (χ2n) is 4.67. The van der Waals surface area contributed by atoms with Crippen molar-refractivity contribution in [3.05, 3.63) is 35.9 Å².